The van der Waals surface area contributed by atoms with Crippen LogP contribution in [0, 0.1) is 6.92 Å². The molecule has 0 bridgehead atoms. The van der Waals surface area contributed by atoms with Gasteiger partial charge in [0.1, 0.15) is 5.39 Å². The first-order chi connectivity index (χ1) is 13.6. The van der Waals surface area contributed by atoms with E-state index in [9.17, 15) is 9.59 Å². The van der Waals surface area contributed by atoms with E-state index >= 15 is 0 Å². The Labute approximate surface area is 166 Å². The minimum Gasteiger partial charge on any atom is -0.343 e. The second kappa shape index (κ2) is 6.77. The van der Waals surface area contributed by atoms with E-state index in [-0.39, 0.29) is 17.5 Å². The van der Waals surface area contributed by atoms with Crippen molar-refractivity contribution in [1.82, 2.24) is 24.2 Å². The Kier molecular flexibility index (Phi) is 4.23. The number of fused-ring (bicyclic) bond motifs is 2. The van der Waals surface area contributed by atoms with Gasteiger partial charge in [-0.1, -0.05) is 29.5 Å². The van der Waals surface area contributed by atoms with Crippen molar-refractivity contribution in [2.75, 3.05) is 18.8 Å². The van der Waals surface area contributed by atoms with Gasteiger partial charge in [0.2, 0.25) is 5.91 Å². The third-order valence-corrected chi connectivity index (χ3v) is 6.62. The van der Waals surface area contributed by atoms with Crippen molar-refractivity contribution in [3.63, 3.8) is 0 Å². The molecule has 3 aromatic rings. The highest BCUT2D eigenvalue weighted by molar-refractivity contribution is 7.99. The molecule has 1 amide bonds. The van der Waals surface area contributed by atoms with Gasteiger partial charge in [0.25, 0.3) is 5.56 Å². The third-order valence-electron chi connectivity index (χ3n) is 5.52. The van der Waals surface area contributed by atoms with Crippen LogP contribution in [0.3, 0.4) is 0 Å². The van der Waals surface area contributed by atoms with E-state index in [1.165, 1.54) is 11.8 Å². The normalized spacial score (nSPS) is 18.8. The maximum atomic E-state index is 13.2. The van der Waals surface area contributed by atoms with Gasteiger partial charge in [0.15, 0.2) is 10.8 Å². The number of carbonyl (C=O) groups is 1. The zero-order valence-electron chi connectivity index (χ0n) is 15.7. The third kappa shape index (κ3) is 2.83. The first kappa shape index (κ1) is 17.5. The van der Waals surface area contributed by atoms with Gasteiger partial charge < -0.3 is 4.90 Å². The van der Waals surface area contributed by atoms with Gasteiger partial charge in [0.05, 0.1) is 17.9 Å². The van der Waals surface area contributed by atoms with Crippen LogP contribution < -0.4 is 5.56 Å². The van der Waals surface area contributed by atoms with Crippen molar-refractivity contribution >= 4 is 28.7 Å². The zero-order chi connectivity index (χ0) is 19.3. The molecule has 0 spiro atoms. The number of carbonyl (C=O) groups excluding carboxylic acids is 1. The van der Waals surface area contributed by atoms with Crippen molar-refractivity contribution in [2.24, 2.45) is 0 Å². The summed E-state index contributed by atoms with van der Waals surface area (Å²) in [5.41, 5.74) is 2.50. The number of benzene rings is 1. The highest BCUT2D eigenvalue weighted by Gasteiger charge is 2.31. The molecule has 28 heavy (non-hydrogen) atoms. The van der Waals surface area contributed by atoms with Crippen LogP contribution in [-0.4, -0.2) is 49.0 Å². The summed E-state index contributed by atoms with van der Waals surface area (Å²) in [7, 11) is 0. The van der Waals surface area contributed by atoms with Crippen molar-refractivity contribution in [1.29, 1.82) is 0 Å². The number of hydrogen-bond acceptors (Lipinski definition) is 5. The Morgan fingerprint density at radius 2 is 1.96 bits per heavy atom. The average Bonchev–Trinajstić information content (AvgIpc) is 3.42. The van der Waals surface area contributed by atoms with E-state index in [1.807, 2.05) is 36.1 Å². The van der Waals surface area contributed by atoms with E-state index in [1.54, 1.807) is 15.4 Å². The molecule has 144 valence electrons. The van der Waals surface area contributed by atoms with Crippen LogP contribution in [0.2, 0.25) is 0 Å². The molecular weight excluding hydrogens is 374 g/mol. The van der Waals surface area contributed by atoms with Crippen LogP contribution >= 0.6 is 11.8 Å². The zero-order valence-corrected chi connectivity index (χ0v) is 16.5. The number of aryl methyl sites for hydroxylation is 1. The molecule has 8 heteroatoms. The number of amides is 1. The lowest BCUT2D eigenvalue weighted by Crippen LogP contribution is -2.32. The molecule has 0 aliphatic carbocycles. The van der Waals surface area contributed by atoms with Gasteiger partial charge in [-0.05, 0) is 31.9 Å². The van der Waals surface area contributed by atoms with E-state index in [2.05, 4.69) is 5.10 Å². The van der Waals surface area contributed by atoms with Gasteiger partial charge in [-0.25, -0.2) is 9.67 Å². The van der Waals surface area contributed by atoms with Crippen LogP contribution in [0.4, 0.5) is 0 Å². The van der Waals surface area contributed by atoms with Gasteiger partial charge in [-0.15, -0.1) is 0 Å². The minimum absolute atomic E-state index is 0.109. The summed E-state index contributed by atoms with van der Waals surface area (Å²) < 4.78 is 3.41. The van der Waals surface area contributed by atoms with E-state index in [4.69, 9.17) is 4.98 Å². The van der Waals surface area contributed by atoms with E-state index in [0.29, 0.717) is 28.4 Å². The van der Waals surface area contributed by atoms with E-state index in [0.717, 1.165) is 37.2 Å². The van der Waals surface area contributed by atoms with Crippen LogP contribution in [0.1, 0.15) is 30.9 Å². The molecule has 2 aromatic heterocycles. The SMILES string of the molecule is Cc1ccc(-n2ncc3c(=O)n4c(nc32)SCC4CC(=O)N2CCCC2)cc1. The molecule has 2 aliphatic rings. The van der Waals surface area contributed by atoms with Crippen molar-refractivity contribution in [2.45, 2.75) is 37.4 Å². The maximum Gasteiger partial charge on any atom is 0.265 e. The van der Waals surface area contributed by atoms with Crippen molar-refractivity contribution in [3.05, 3.63) is 46.4 Å². The second-order valence-electron chi connectivity index (χ2n) is 7.46. The Bertz CT molecular complexity index is 1110. The number of likely N-dealkylation sites (tertiary alicyclic amines) is 1. The molecule has 2 aliphatic heterocycles. The molecule has 0 saturated carbocycles. The average molecular weight is 395 g/mol. The fourth-order valence-corrected chi connectivity index (χ4v) is 5.08. The topological polar surface area (TPSA) is 73.0 Å². The molecule has 4 heterocycles. The monoisotopic (exact) mass is 395 g/mol. The van der Waals surface area contributed by atoms with Crippen molar-refractivity contribution < 1.29 is 4.79 Å². The molecule has 0 N–H and O–H groups in total. The molecule has 1 saturated heterocycles. The molecular formula is C20H21N5O2S. The largest absolute Gasteiger partial charge is 0.343 e. The summed E-state index contributed by atoms with van der Waals surface area (Å²) in [4.78, 5) is 32.4. The van der Waals surface area contributed by atoms with Gasteiger partial charge >= 0.3 is 0 Å². The van der Waals surface area contributed by atoms with Crippen LogP contribution in [-0.2, 0) is 4.79 Å². The van der Waals surface area contributed by atoms with Crippen LogP contribution in [0.15, 0.2) is 40.4 Å². The minimum atomic E-state index is -0.139. The summed E-state index contributed by atoms with van der Waals surface area (Å²) in [6, 6.07) is 7.83. The van der Waals surface area contributed by atoms with Crippen molar-refractivity contribution in [3.8, 4) is 5.69 Å². The standard InChI is InChI=1S/C20H21N5O2S/c1-13-4-6-14(7-5-13)25-18-16(11-21-25)19(27)24-15(12-28-20(24)22-18)10-17(26)23-8-2-3-9-23/h4-7,11,15H,2-3,8-10,12H2,1H3. The van der Waals surface area contributed by atoms with Crippen LogP contribution in [0.25, 0.3) is 16.7 Å². The lowest BCUT2D eigenvalue weighted by molar-refractivity contribution is -0.130. The summed E-state index contributed by atoms with van der Waals surface area (Å²) in [5, 5.41) is 5.57. The summed E-state index contributed by atoms with van der Waals surface area (Å²) in [6.07, 6.45) is 4.09. The fourth-order valence-electron chi connectivity index (χ4n) is 3.95. The Morgan fingerprint density at radius 3 is 2.71 bits per heavy atom. The summed E-state index contributed by atoms with van der Waals surface area (Å²) in [6.45, 7) is 3.70. The number of hydrogen-bond donors (Lipinski definition) is 0. The fraction of sp³-hybridized carbons (Fsp3) is 0.400. The van der Waals surface area contributed by atoms with Gasteiger partial charge in [-0.2, -0.15) is 5.10 Å². The highest BCUT2D eigenvalue weighted by atomic mass is 32.2. The van der Waals surface area contributed by atoms with E-state index < -0.39 is 0 Å². The first-order valence-electron chi connectivity index (χ1n) is 9.60. The molecule has 1 fully saturated rings. The maximum absolute atomic E-state index is 13.2. The Morgan fingerprint density at radius 1 is 1.21 bits per heavy atom. The molecule has 1 aromatic carbocycles. The molecule has 5 rings (SSSR count). The smallest absolute Gasteiger partial charge is 0.265 e. The number of rotatable bonds is 3. The van der Waals surface area contributed by atoms with Crippen LogP contribution in [0.5, 0.6) is 0 Å². The second-order valence-corrected chi connectivity index (χ2v) is 8.44. The van der Waals surface area contributed by atoms with Gasteiger partial charge in [-0.3, -0.25) is 14.2 Å². The number of thioether (sulfide) groups is 1. The summed E-state index contributed by atoms with van der Waals surface area (Å²) in [5.74, 6) is 0.838. The molecule has 7 nitrogen and oxygen atoms in total. The predicted octanol–water partition coefficient (Wildman–Crippen LogP) is 2.55. The Balaban J connectivity index is 1.52. The number of nitrogens with zero attached hydrogens (tertiary/aromatic N) is 5. The quantitative estimate of drug-likeness (QED) is 0.637. The predicted molar refractivity (Wildman–Crippen MR) is 108 cm³/mol. The Hall–Kier alpha value is -2.61. The van der Waals surface area contributed by atoms with Gasteiger partial charge in [0, 0.05) is 25.3 Å². The summed E-state index contributed by atoms with van der Waals surface area (Å²) >= 11 is 1.54. The molecule has 1 atom stereocenters. The lowest BCUT2D eigenvalue weighted by atomic mass is 10.2. The lowest BCUT2D eigenvalue weighted by Gasteiger charge is -2.19. The molecule has 0 radical (unpaired) electrons. The highest BCUT2D eigenvalue weighted by Crippen LogP contribution is 2.34. The number of aromatic nitrogens is 4. The molecule has 1 unspecified atom stereocenters. The first-order valence-corrected chi connectivity index (χ1v) is 10.6.